The molecular weight excluding hydrogens is 330 g/mol. The number of furan rings is 1. The first-order valence-electron chi connectivity index (χ1n) is 8.29. The van der Waals surface area contributed by atoms with E-state index < -0.39 is 0 Å². The molecule has 0 aliphatic rings. The third-order valence-electron chi connectivity index (χ3n) is 3.96. The van der Waals surface area contributed by atoms with Gasteiger partial charge in [-0.25, -0.2) is 0 Å². The minimum Gasteiger partial charge on any atom is -0.497 e. The molecule has 1 N–H and O–H groups in total. The van der Waals surface area contributed by atoms with Crippen molar-refractivity contribution >= 4 is 11.6 Å². The number of hydrogen-bond acceptors (Lipinski definition) is 4. The highest BCUT2D eigenvalue weighted by atomic mass is 16.5. The number of amides is 1. The van der Waals surface area contributed by atoms with Crippen LogP contribution in [0.25, 0.3) is 0 Å². The van der Waals surface area contributed by atoms with Gasteiger partial charge in [-0.2, -0.15) is 0 Å². The van der Waals surface area contributed by atoms with Crippen molar-refractivity contribution in [2.45, 2.75) is 20.5 Å². The summed E-state index contributed by atoms with van der Waals surface area (Å²) in [5.74, 6) is 2.00. The molecular formula is C21H21NO4. The second kappa shape index (κ2) is 7.78. The molecule has 0 aliphatic heterocycles. The number of aryl methyl sites for hydroxylation is 2. The van der Waals surface area contributed by atoms with Crippen LogP contribution in [0.5, 0.6) is 11.5 Å². The van der Waals surface area contributed by atoms with Crippen LogP contribution in [0.3, 0.4) is 0 Å². The van der Waals surface area contributed by atoms with Crippen molar-refractivity contribution in [3.8, 4) is 11.5 Å². The van der Waals surface area contributed by atoms with Gasteiger partial charge in [0, 0.05) is 5.69 Å². The maximum absolute atomic E-state index is 12.3. The lowest BCUT2D eigenvalue weighted by Gasteiger charge is -2.08. The summed E-state index contributed by atoms with van der Waals surface area (Å²) >= 11 is 0. The minimum absolute atomic E-state index is 0.239. The third-order valence-corrected chi connectivity index (χ3v) is 3.96. The standard InChI is InChI=1S/C21H21NO4/c1-14-4-10-19(15(2)12-14)22-21(23)20-11-9-18(26-20)13-25-17-7-5-16(24-3)6-8-17/h4-12H,13H2,1-3H3,(H,22,23). The third kappa shape index (κ3) is 4.25. The normalized spacial score (nSPS) is 10.4. The van der Waals surface area contributed by atoms with Gasteiger partial charge < -0.3 is 19.2 Å². The molecule has 26 heavy (non-hydrogen) atoms. The van der Waals surface area contributed by atoms with Gasteiger partial charge >= 0.3 is 0 Å². The van der Waals surface area contributed by atoms with Gasteiger partial charge in [0.15, 0.2) is 5.76 Å². The lowest BCUT2D eigenvalue weighted by Crippen LogP contribution is -2.11. The summed E-state index contributed by atoms with van der Waals surface area (Å²) in [5, 5.41) is 2.87. The number of carbonyl (C=O) groups excluding carboxylic acids is 1. The molecule has 3 aromatic rings. The van der Waals surface area contributed by atoms with Crippen LogP contribution in [-0.4, -0.2) is 13.0 Å². The van der Waals surface area contributed by atoms with Crippen LogP contribution in [0.15, 0.2) is 59.0 Å². The topological polar surface area (TPSA) is 60.7 Å². The molecule has 1 heterocycles. The van der Waals surface area contributed by atoms with E-state index in [9.17, 15) is 4.79 Å². The van der Waals surface area contributed by atoms with Gasteiger partial charge in [0.05, 0.1) is 7.11 Å². The lowest BCUT2D eigenvalue weighted by molar-refractivity contribution is 0.0992. The van der Waals surface area contributed by atoms with Crippen LogP contribution < -0.4 is 14.8 Å². The highest BCUT2D eigenvalue weighted by molar-refractivity contribution is 6.02. The molecule has 0 saturated carbocycles. The zero-order valence-electron chi connectivity index (χ0n) is 15.0. The van der Waals surface area contributed by atoms with Gasteiger partial charge in [-0.15, -0.1) is 0 Å². The summed E-state index contributed by atoms with van der Waals surface area (Å²) in [4.78, 5) is 12.3. The van der Waals surface area contributed by atoms with Crippen molar-refractivity contribution in [2.75, 3.05) is 12.4 Å². The van der Waals surface area contributed by atoms with Crippen molar-refractivity contribution in [2.24, 2.45) is 0 Å². The Morgan fingerprint density at radius 1 is 1.00 bits per heavy atom. The number of benzene rings is 2. The number of ether oxygens (including phenoxy) is 2. The van der Waals surface area contributed by atoms with E-state index in [-0.39, 0.29) is 18.3 Å². The highest BCUT2D eigenvalue weighted by Crippen LogP contribution is 2.20. The molecule has 134 valence electrons. The fourth-order valence-electron chi connectivity index (χ4n) is 2.54. The number of nitrogens with one attached hydrogen (secondary N) is 1. The predicted octanol–water partition coefficient (Wildman–Crippen LogP) is 4.74. The molecule has 0 saturated heterocycles. The maximum Gasteiger partial charge on any atom is 0.291 e. The monoisotopic (exact) mass is 351 g/mol. The second-order valence-electron chi connectivity index (χ2n) is 6.00. The average molecular weight is 351 g/mol. The molecule has 0 bridgehead atoms. The van der Waals surface area contributed by atoms with Gasteiger partial charge in [-0.05, 0) is 61.9 Å². The molecule has 0 spiro atoms. The van der Waals surface area contributed by atoms with Gasteiger partial charge in [-0.3, -0.25) is 4.79 Å². The van der Waals surface area contributed by atoms with Crippen LogP contribution in [0.2, 0.25) is 0 Å². The number of hydrogen-bond donors (Lipinski definition) is 1. The molecule has 0 fully saturated rings. The average Bonchev–Trinajstić information content (AvgIpc) is 3.12. The van der Waals surface area contributed by atoms with Gasteiger partial charge in [0.2, 0.25) is 0 Å². The summed E-state index contributed by atoms with van der Waals surface area (Å²) in [6.45, 7) is 4.21. The first-order chi connectivity index (χ1) is 12.5. The Balaban J connectivity index is 1.60. The van der Waals surface area contributed by atoms with E-state index in [0.717, 1.165) is 22.6 Å². The van der Waals surface area contributed by atoms with Gasteiger partial charge in [-0.1, -0.05) is 17.7 Å². The zero-order chi connectivity index (χ0) is 18.5. The molecule has 5 nitrogen and oxygen atoms in total. The maximum atomic E-state index is 12.3. The van der Waals surface area contributed by atoms with Crippen LogP contribution in [-0.2, 0) is 6.61 Å². The quantitative estimate of drug-likeness (QED) is 0.697. The zero-order valence-corrected chi connectivity index (χ0v) is 15.0. The van der Waals surface area contributed by atoms with Crippen molar-refractivity contribution < 1.29 is 18.7 Å². The number of carbonyl (C=O) groups is 1. The Morgan fingerprint density at radius 2 is 1.73 bits per heavy atom. The van der Waals surface area contributed by atoms with E-state index in [1.165, 1.54) is 0 Å². The van der Waals surface area contributed by atoms with E-state index in [1.54, 1.807) is 19.2 Å². The molecule has 0 aliphatic carbocycles. The number of anilines is 1. The SMILES string of the molecule is COc1ccc(OCc2ccc(C(=O)Nc3ccc(C)cc3C)o2)cc1. The fourth-order valence-corrected chi connectivity index (χ4v) is 2.54. The Labute approximate surface area is 152 Å². The Hall–Kier alpha value is -3.21. The van der Waals surface area contributed by atoms with E-state index in [4.69, 9.17) is 13.9 Å². The van der Waals surface area contributed by atoms with Crippen LogP contribution in [0.4, 0.5) is 5.69 Å². The molecule has 1 aromatic heterocycles. The molecule has 5 heteroatoms. The minimum atomic E-state index is -0.285. The van der Waals surface area contributed by atoms with E-state index in [0.29, 0.717) is 11.5 Å². The Morgan fingerprint density at radius 3 is 2.42 bits per heavy atom. The molecule has 3 rings (SSSR count). The molecule has 0 radical (unpaired) electrons. The molecule has 0 atom stereocenters. The summed E-state index contributed by atoms with van der Waals surface area (Å²) in [5.41, 5.74) is 2.93. The van der Waals surface area contributed by atoms with E-state index in [1.807, 2.05) is 56.3 Å². The number of methoxy groups -OCH3 is 1. The van der Waals surface area contributed by atoms with E-state index >= 15 is 0 Å². The van der Waals surface area contributed by atoms with E-state index in [2.05, 4.69) is 5.32 Å². The summed E-state index contributed by atoms with van der Waals surface area (Å²) in [6.07, 6.45) is 0. The van der Waals surface area contributed by atoms with Crippen LogP contribution in [0, 0.1) is 13.8 Å². The largest absolute Gasteiger partial charge is 0.497 e. The first kappa shape index (κ1) is 17.6. The summed E-state index contributed by atoms with van der Waals surface area (Å²) < 4.78 is 16.3. The Bertz CT molecular complexity index is 897. The van der Waals surface area contributed by atoms with Crippen molar-refractivity contribution in [1.29, 1.82) is 0 Å². The predicted molar refractivity (Wildman–Crippen MR) is 99.9 cm³/mol. The molecule has 0 unspecified atom stereocenters. The van der Waals surface area contributed by atoms with Crippen molar-refractivity contribution in [1.82, 2.24) is 0 Å². The van der Waals surface area contributed by atoms with Crippen LogP contribution >= 0.6 is 0 Å². The first-order valence-corrected chi connectivity index (χ1v) is 8.29. The van der Waals surface area contributed by atoms with Gasteiger partial charge in [0.1, 0.15) is 23.9 Å². The van der Waals surface area contributed by atoms with Gasteiger partial charge in [0.25, 0.3) is 5.91 Å². The smallest absolute Gasteiger partial charge is 0.291 e. The second-order valence-corrected chi connectivity index (χ2v) is 6.00. The lowest BCUT2D eigenvalue weighted by atomic mass is 10.1. The number of rotatable bonds is 6. The van der Waals surface area contributed by atoms with Crippen LogP contribution in [0.1, 0.15) is 27.4 Å². The molecule has 2 aromatic carbocycles. The van der Waals surface area contributed by atoms with Crippen molar-refractivity contribution in [3.63, 3.8) is 0 Å². The Kier molecular flexibility index (Phi) is 5.27. The fraction of sp³-hybridized carbons (Fsp3) is 0.190. The van der Waals surface area contributed by atoms with Crippen molar-refractivity contribution in [3.05, 3.63) is 77.2 Å². The summed E-state index contributed by atoms with van der Waals surface area (Å²) in [7, 11) is 1.61. The summed E-state index contributed by atoms with van der Waals surface area (Å²) in [6, 6.07) is 16.5. The highest BCUT2D eigenvalue weighted by Gasteiger charge is 2.13. The molecule has 1 amide bonds.